The average molecular weight is 539 g/mol. The summed E-state index contributed by atoms with van der Waals surface area (Å²) in [6, 6.07) is 10.4. The Bertz CT molecular complexity index is 1430. The van der Waals surface area contributed by atoms with Gasteiger partial charge in [-0.2, -0.15) is 14.0 Å². The molecular weight excluding hydrogens is 512 g/mol. The van der Waals surface area contributed by atoms with Crippen molar-refractivity contribution in [2.75, 3.05) is 31.1 Å². The SMILES string of the molecule is C[C@@H](c1ccc([C@](C)(NC(=O)C(F)F)c2ccc(F)c(F)c2)nc1)N1CC2(CN(c3cncc(C#N)c3)C2)C1. The van der Waals surface area contributed by atoms with Crippen molar-refractivity contribution in [1.29, 1.82) is 5.26 Å². The number of nitrogens with one attached hydrogen (secondary N) is 1. The molecule has 0 aliphatic carbocycles. The van der Waals surface area contributed by atoms with Crippen LogP contribution in [0.4, 0.5) is 23.2 Å². The maximum absolute atomic E-state index is 14.0. The number of hydrogen-bond acceptors (Lipinski definition) is 6. The van der Waals surface area contributed by atoms with E-state index >= 15 is 0 Å². The first-order chi connectivity index (χ1) is 18.5. The number of carbonyl (C=O) groups is 1. The lowest BCUT2D eigenvalue weighted by molar-refractivity contribution is -0.133. The molecule has 2 atom stereocenters. The van der Waals surface area contributed by atoms with E-state index in [1.807, 2.05) is 13.0 Å². The average Bonchev–Trinajstić information content (AvgIpc) is 2.88. The van der Waals surface area contributed by atoms with Gasteiger partial charge in [-0.15, -0.1) is 0 Å². The highest BCUT2D eigenvalue weighted by Gasteiger charge is 2.53. The van der Waals surface area contributed by atoms with Crippen molar-refractivity contribution in [2.24, 2.45) is 5.41 Å². The molecule has 1 N–H and O–H groups in total. The number of halogens is 4. The Labute approximate surface area is 223 Å². The molecule has 11 heteroatoms. The van der Waals surface area contributed by atoms with Crippen LogP contribution in [-0.2, 0) is 10.3 Å². The zero-order valence-corrected chi connectivity index (χ0v) is 21.3. The molecule has 2 aromatic heterocycles. The summed E-state index contributed by atoms with van der Waals surface area (Å²) in [7, 11) is 0. The molecule has 3 aromatic rings. The molecule has 0 unspecified atom stereocenters. The molecule has 39 heavy (non-hydrogen) atoms. The second kappa shape index (κ2) is 9.93. The molecule has 0 bridgehead atoms. The summed E-state index contributed by atoms with van der Waals surface area (Å²) in [6.07, 6.45) is 1.63. The standard InChI is InChI=1S/C28H26F4N6O/c1-17(37-13-28(14-37)15-38(16-28)21-7-18(9-33)10-34-12-21)19-3-6-24(35-11-19)27(2,36-26(39)25(31)32)20-4-5-22(29)23(30)8-20/h3-8,10-12,17,25H,13-16H2,1-2H3,(H,36,39)/t17-,27+/m0/s1. The lowest BCUT2D eigenvalue weighted by Gasteiger charge is -2.62. The molecular formula is C28H26F4N6O. The molecule has 1 spiro atoms. The number of likely N-dealkylation sites (tertiary alicyclic amines) is 1. The maximum Gasteiger partial charge on any atom is 0.315 e. The number of amides is 1. The van der Waals surface area contributed by atoms with Crippen molar-refractivity contribution >= 4 is 11.6 Å². The van der Waals surface area contributed by atoms with Gasteiger partial charge < -0.3 is 10.2 Å². The van der Waals surface area contributed by atoms with Crippen molar-refractivity contribution in [2.45, 2.75) is 31.9 Å². The molecule has 2 fully saturated rings. The quantitative estimate of drug-likeness (QED) is 0.455. The molecule has 4 heterocycles. The number of nitriles is 1. The van der Waals surface area contributed by atoms with Crippen LogP contribution in [0.1, 0.15) is 42.3 Å². The third-order valence-corrected chi connectivity index (χ3v) is 7.74. The summed E-state index contributed by atoms with van der Waals surface area (Å²) in [4.78, 5) is 25.0. The Morgan fingerprint density at radius 3 is 2.44 bits per heavy atom. The van der Waals surface area contributed by atoms with Gasteiger partial charge in [-0.1, -0.05) is 12.1 Å². The molecule has 0 radical (unpaired) electrons. The van der Waals surface area contributed by atoms with Crippen LogP contribution in [0.15, 0.2) is 55.0 Å². The van der Waals surface area contributed by atoms with Crippen molar-refractivity contribution in [1.82, 2.24) is 20.2 Å². The number of nitrogens with zero attached hydrogens (tertiary/aromatic N) is 5. The Morgan fingerprint density at radius 2 is 1.82 bits per heavy atom. The summed E-state index contributed by atoms with van der Waals surface area (Å²) < 4.78 is 53.7. The predicted octanol–water partition coefficient (Wildman–Crippen LogP) is 4.15. The van der Waals surface area contributed by atoms with Gasteiger partial charge in [-0.05, 0) is 49.2 Å². The molecule has 202 valence electrons. The van der Waals surface area contributed by atoms with Crippen molar-refractivity contribution in [3.8, 4) is 6.07 Å². The van der Waals surface area contributed by atoms with Crippen molar-refractivity contribution in [3.05, 3.63) is 89.0 Å². The van der Waals surface area contributed by atoms with Gasteiger partial charge in [0.25, 0.3) is 5.91 Å². The fraction of sp³-hybridized carbons (Fsp3) is 0.357. The van der Waals surface area contributed by atoms with E-state index < -0.39 is 29.5 Å². The van der Waals surface area contributed by atoms with E-state index in [9.17, 15) is 22.4 Å². The van der Waals surface area contributed by atoms with Gasteiger partial charge in [0.1, 0.15) is 11.6 Å². The van der Waals surface area contributed by atoms with Gasteiger partial charge in [0.2, 0.25) is 0 Å². The second-order valence-electron chi connectivity index (χ2n) is 10.5. The fourth-order valence-corrected chi connectivity index (χ4v) is 5.45. The number of benzene rings is 1. The first kappa shape index (κ1) is 26.6. The second-order valence-corrected chi connectivity index (χ2v) is 10.5. The van der Waals surface area contributed by atoms with Crippen LogP contribution in [0.5, 0.6) is 0 Å². The highest BCUT2D eigenvalue weighted by atomic mass is 19.3. The number of rotatable bonds is 7. The van der Waals surface area contributed by atoms with E-state index in [-0.39, 0.29) is 22.7 Å². The van der Waals surface area contributed by atoms with Crippen LogP contribution in [0, 0.1) is 28.4 Å². The monoisotopic (exact) mass is 538 g/mol. The minimum Gasteiger partial charge on any atom is -0.369 e. The van der Waals surface area contributed by atoms with E-state index in [0.29, 0.717) is 5.56 Å². The molecule has 7 nitrogen and oxygen atoms in total. The lowest BCUT2D eigenvalue weighted by Crippen LogP contribution is -2.72. The number of hydrogen-bond donors (Lipinski definition) is 1. The Kier molecular flexibility index (Phi) is 6.76. The molecule has 0 saturated carbocycles. The number of pyridine rings is 2. The lowest BCUT2D eigenvalue weighted by atomic mass is 9.71. The van der Waals surface area contributed by atoms with Gasteiger partial charge in [0.15, 0.2) is 11.6 Å². The largest absolute Gasteiger partial charge is 0.369 e. The smallest absolute Gasteiger partial charge is 0.315 e. The molecule has 2 saturated heterocycles. The van der Waals surface area contributed by atoms with Crippen LogP contribution >= 0.6 is 0 Å². The predicted molar refractivity (Wildman–Crippen MR) is 135 cm³/mol. The summed E-state index contributed by atoms with van der Waals surface area (Å²) in [5.74, 6) is -3.80. The Hall–Kier alpha value is -4.04. The van der Waals surface area contributed by atoms with Gasteiger partial charge in [0.05, 0.1) is 23.1 Å². The van der Waals surface area contributed by atoms with E-state index in [0.717, 1.165) is 49.6 Å². The fourth-order valence-electron chi connectivity index (χ4n) is 5.45. The Balaban J connectivity index is 1.28. The zero-order valence-electron chi connectivity index (χ0n) is 21.3. The van der Waals surface area contributed by atoms with E-state index in [4.69, 9.17) is 5.26 Å². The first-order valence-corrected chi connectivity index (χ1v) is 12.4. The number of carbonyl (C=O) groups excluding carboxylic acids is 1. The zero-order chi connectivity index (χ0) is 27.9. The van der Waals surface area contributed by atoms with E-state index in [2.05, 4.69) is 31.2 Å². The van der Waals surface area contributed by atoms with Crippen LogP contribution in [0.2, 0.25) is 0 Å². The third kappa shape index (κ3) is 4.92. The highest BCUT2D eigenvalue weighted by molar-refractivity contribution is 5.80. The number of anilines is 1. The molecule has 2 aliphatic rings. The summed E-state index contributed by atoms with van der Waals surface area (Å²) in [6.45, 7) is 6.99. The van der Waals surface area contributed by atoms with Gasteiger partial charge >= 0.3 is 6.43 Å². The van der Waals surface area contributed by atoms with Crippen molar-refractivity contribution in [3.63, 3.8) is 0 Å². The van der Waals surface area contributed by atoms with E-state index in [1.165, 1.54) is 13.0 Å². The topological polar surface area (TPSA) is 85.2 Å². The molecule has 2 aliphatic heterocycles. The summed E-state index contributed by atoms with van der Waals surface area (Å²) in [5, 5.41) is 11.3. The highest BCUT2D eigenvalue weighted by Crippen LogP contribution is 2.45. The minimum atomic E-state index is -3.29. The number of alkyl halides is 2. The molecule has 1 amide bonds. The van der Waals surface area contributed by atoms with Crippen LogP contribution in [0.3, 0.4) is 0 Å². The van der Waals surface area contributed by atoms with Gasteiger partial charge in [-0.3, -0.25) is 19.7 Å². The minimum absolute atomic E-state index is 0.0278. The molecule has 5 rings (SSSR count). The summed E-state index contributed by atoms with van der Waals surface area (Å²) in [5.41, 5.74) is 1.22. The van der Waals surface area contributed by atoms with E-state index in [1.54, 1.807) is 30.7 Å². The maximum atomic E-state index is 14.0. The first-order valence-electron chi connectivity index (χ1n) is 12.4. The van der Waals surface area contributed by atoms with Crippen LogP contribution in [-0.4, -0.2) is 53.4 Å². The van der Waals surface area contributed by atoms with Gasteiger partial charge in [-0.25, -0.2) is 8.78 Å². The van der Waals surface area contributed by atoms with Gasteiger partial charge in [0, 0.05) is 50.0 Å². The van der Waals surface area contributed by atoms with Crippen LogP contribution in [0.25, 0.3) is 0 Å². The number of aromatic nitrogens is 2. The summed E-state index contributed by atoms with van der Waals surface area (Å²) >= 11 is 0. The van der Waals surface area contributed by atoms with Crippen molar-refractivity contribution < 1.29 is 22.4 Å². The Morgan fingerprint density at radius 1 is 1.08 bits per heavy atom. The third-order valence-electron chi connectivity index (χ3n) is 7.74. The molecule has 1 aromatic carbocycles. The van der Waals surface area contributed by atoms with Crippen LogP contribution < -0.4 is 10.2 Å². The normalized spacial score (nSPS) is 18.6.